The molecule has 0 aliphatic carbocycles. The molecule has 0 radical (unpaired) electrons. The van der Waals surface area contributed by atoms with E-state index < -0.39 is 5.41 Å². The van der Waals surface area contributed by atoms with Crippen molar-refractivity contribution in [3.63, 3.8) is 0 Å². The zero-order valence-corrected chi connectivity index (χ0v) is 7.73. The average Bonchev–Trinajstić information content (AvgIpc) is 1.86. The van der Waals surface area contributed by atoms with Crippen LogP contribution in [0.4, 0.5) is 0 Å². The van der Waals surface area contributed by atoms with Crippen molar-refractivity contribution in [3.05, 3.63) is 0 Å². The topological polar surface area (TPSA) is 34.1 Å². The molecule has 0 aromatic heterocycles. The maximum Gasteiger partial charge on any atom is 0.136 e. The Morgan fingerprint density at radius 2 is 1.73 bits per heavy atom. The zero-order chi connectivity index (χ0) is 9.07. The van der Waals surface area contributed by atoms with Crippen molar-refractivity contribution >= 4 is 11.6 Å². The van der Waals surface area contributed by atoms with E-state index in [-0.39, 0.29) is 11.6 Å². The van der Waals surface area contributed by atoms with Gasteiger partial charge in [0.15, 0.2) is 0 Å². The predicted octanol–water partition coefficient (Wildman–Crippen LogP) is 1.97. The first kappa shape index (κ1) is 10.3. The summed E-state index contributed by atoms with van der Waals surface area (Å²) in [6, 6.07) is 0. The highest BCUT2D eigenvalue weighted by atomic mass is 16.1. The molecular formula is C9H16O2. The molecule has 0 rings (SSSR count). The van der Waals surface area contributed by atoms with E-state index in [4.69, 9.17) is 0 Å². The van der Waals surface area contributed by atoms with Crippen molar-refractivity contribution < 1.29 is 9.59 Å². The second kappa shape index (κ2) is 3.65. The molecule has 0 saturated carbocycles. The lowest BCUT2D eigenvalue weighted by Gasteiger charge is -2.22. The quantitative estimate of drug-likeness (QED) is 0.623. The van der Waals surface area contributed by atoms with E-state index in [1.165, 1.54) is 6.92 Å². The van der Waals surface area contributed by atoms with Crippen molar-refractivity contribution in [1.82, 2.24) is 0 Å². The van der Waals surface area contributed by atoms with Crippen molar-refractivity contribution in [1.29, 1.82) is 0 Å². The number of Topliss-reactive ketones (excluding diaryl/α,β-unsaturated/α-hetero) is 2. The molecule has 0 aromatic rings. The highest BCUT2D eigenvalue weighted by molar-refractivity contribution is 5.88. The van der Waals surface area contributed by atoms with Crippen molar-refractivity contribution in [3.8, 4) is 0 Å². The summed E-state index contributed by atoms with van der Waals surface area (Å²) in [6.45, 7) is 6.85. The number of rotatable bonds is 4. The Morgan fingerprint density at radius 3 is 1.82 bits per heavy atom. The van der Waals surface area contributed by atoms with E-state index >= 15 is 0 Å². The number of carbonyl (C=O) groups excluding carboxylic acids is 2. The molecule has 0 heterocycles. The fourth-order valence-corrected chi connectivity index (χ4v) is 1.05. The Bertz CT molecular complexity index is 172. The van der Waals surface area contributed by atoms with Gasteiger partial charge in [0.2, 0.25) is 0 Å². The van der Waals surface area contributed by atoms with Gasteiger partial charge in [-0.1, -0.05) is 13.8 Å². The standard InChI is InChI=1S/C9H16O2/c1-5-9(4,8(3)11)6-7(2)10/h5-6H2,1-4H3. The third kappa shape index (κ3) is 2.83. The van der Waals surface area contributed by atoms with Gasteiger partial charge in [-0.05, 0) is 20.3 Å². The average molecular weight is 156 g/mol. The van der Waals surface area contributed by atoms with Gasteiger partial charge in [0, 0.05) is 11.8 Å². The molecule has 2 heteroatoms. The fraction of sp³-hybridized carbons (Fsp3) is 0.778. The van der Waals surface area contributed by atoms with E-state index in [1.54, 1.807) is 6.92 Å². The molecule has 1 unspecified atom stereocenters. The summed E-state index contributed by atoms with van der Waals surface area (Å²) >= 11 is 0. The summed E-state index contributed by atoms with van der Waals surface area (Å²) < 4.78 is 0. The van der Waals surface area contributed by atoms with Gasteiger partial charge in [0.25, 0.3) is 0 Å². The van der Waals surface area contributed by atoms with Crippen LogP contribution in [0.1, 0.15) is 40.5 Å². The first-order valence-corrected chi connectivity index (χ1v) is 3.93. The minimum Gasteiger partial charge on any atom is -0.300 e. The van der Waals surface area contributed by atoms with E-state index in [0.29, 0.717) is 6.42 Å². The second-order valence-corrected chi connectivity index (χ2v) is 3.35. The number of ketones is 2. The predicted molar refractivity (Wildman–Crippen MR) is 44.4 cm³/mol. The van der Waals surface area contributed by atoms with Crippen LogP contribution in [0.5, 0.6) is 0 Å². The molecule has 11 heavy (non-hydrogen) atoms. The van der Waals surface area contributed by atoms with Crippen LogP contribution in [-0.4, -0.2) is 11.6 Å². The molecule has 0 bridgehead atoms. The van der Waals surface area contributed by atoms with Crippen molar-refractivity contribution in [2.45, 2.75) is 40.5 Å². The highest BCUT2D eigenvalue weighted by Crippen LogP contribution is 2.26. The van der Waals surface area contributed by atoms with Gasteiger partial charge in [-0.25, -0.2) is 0 Å². The Labute approximate surface area is 68.0 Å². The highest BCUT2D eigenvalue weighted by Gasteiger charge is 2.28. The molecule has 1 atom stereocenters. The summed E-state index contributed by atoms with van der Waals surface area (Å²) in [5.41, 5.74) is -0.425. The maximum atomic E-state index is 11.1. The number of hydrogen-bond acceptors (Lipinski definition) is 2. The SMILES string of the molecule is CCC(C)(CC(C)=O)C(C)=O. The largest absolute Gasteiger partial charge is 0.300 e. The van der Waals surface area contributed by atoms with Crippen LogP contribution in [0.15, 0.2) is 0 Å². The minimum absolute atomic E-state index is 0.0875. The third-order valence-electron chi connectivity index (χ3n) is 2.27. The normalized spacial score (nSPS) is 15.6. The molecule has 64 valence electrons. The van der Waals surface area contributed by atoms with Gasteiger partial charge in [-0.3, -0.25) is 9.59 Å². The summed E-state index contributed by atoms with van der Waals surface area (Å²) in [5, 5.41) is 0. The summed E-state index contributed by atoms with van der Waals surface area (Å²) in [6.07, 6.45) is 1.11. The number of carbonyl (C=O) groups is 2. The molecule has 0 fully saturated rings. The van der Waals surface area contributed by atoms with Gasteiger partial charge in [-0.15, -0.1) is 0 Å². The smallest absolute Gasteiger partial charge is 0.136 e. The Balaban J connectivity index is 4.34. The zero-order valence-electron chi connectivity index (χ0n) is 7.73. The van der Waals surface area contributed by atoms with Gasteiger partial charge in [-0.2, -0.15) is 0 Å². The van der Waals surface area contributed by atoms with Gasteiger partial charge in [0.05, 0.1) is 0 Å². The van der Waals surface area contributed by atoms with Crippen LogP contribution in [0.3, 0.4) is 0 Å². The fourth-order valence-electron chi connectivity index (χ4n) is 1.05. The van der Waals surface area contributed by atoms with E-state index in [9.17, 15) is 9.59 Å². The summed E-state index contributed by atoms with van der Waals surface area (Å²) in [5.74, 6) is 0.194. The van der Waals surface area contributed by atoms with Crippen LogP contribution < -0.4 is 0 Å². The number of hydrogen-bond donors (Lipinski definition) is 0. The van der Waals surface area contributed by atoms with Crippen LogP contribution >= 0.6 is 0 Å². The minimum atomic E-state index is -0.425. The lowest BCUT2D eigenvalue weighted by atomic mass is 9.79. The Morgan fingerprint density at radius 1 is 1.27 bits per heavy atom. The molecule has 0 aromatic carbocycles. The molecule has 0 spiro atoms. The lowest BCUT2D eigenvalue weighted by Crippen LogP contribution is -2.26. The third-order valence-corrected chi connectivity index (χ3v) is 2.27. The van der Waals surface area contributed by atoms with E-state index in [2.05, 4.69) is 0 Å². The monoisotopic (exact) mass is 156 g/mol. The molecule has 0 saturated heterocycles. The molecule has 0 amide bonds. The van der Waals surface area contributed by atoms with Crippen LogP contribution in [0.25, 0.3) is 0 Å². The van der Waals surface area contributed by atoms with Crippen LogP contribution in [0, 0.1) is 5.41 Å². The first-order valence-electron chi connectivity index (χ1n) is 3.93. The van der Waals surface area contributed by atoms with Gasteiger partial charge >= 0.3 is 0 Å². The van der Waals surface area contributed by atoms with Crippen molar-refractivity contribution in [2.75, 3.05) is 0 Å². The van der Waals surface area contributed by atoms with E-state index in [0.717, 1.165) is 6.42 Å². The maximum absolute atomic E-state index is 11.1. The Hall–Kier alpha value is -0.660. The van der Waals surface area contributed by atoms with Gasteiger partial charge < -0.3 is 0 Å². The van der Waals surface area contributed by atoms with Crippen LogP contribution in [-0.2, 0) is 9.59 Å². The van der Waals surface area contributed by atoms with Gasteiger partial charge in [0.1, 0.15) is 11.6 Å². The van der Waals surface area contributed by atoms with Crippen LogP contribution in [0.2, 0.25) is 0 Å². The summed E-state index contributed by atoms with van der Waals surface area (Å²) in [4.78, 5) is 21.9. The van der Waals surface area contributed by atoms with E-state index in [1.807, 2.05) is 13.8 Å². The molecule has 0 aliphatic rings. The lowest BCUT2D eigenvalue weighted by molar-refractivity contribution is -0.131. The van der Waals surface area contributed by atoms with Crippen molar-refractivity contribution in [2.24, 2.45) is 5.41 Å². The molecule has 0 N–H and O–H groups in total. The Kier molecular flexibility index (Phi) is 3.43. The molecule has 0 aliphatic heterocycles. The molecular weight excluding hydrogens is 140 g/mol. The molecule has 2 nitrogen and oxygen atoms in total. The summed E-state index contributed by atoms with van der Waals surface area (Å²) in [7, 11) is 0. The first-order chi connectivity index (χ1) is 4.92. The second-order valence-electron chi connectivity index (χ2n) is 3.35.